The van der Waals surface area contributed by atoms with Gasteiger partial charge in [-0.15, -0.1) is 0 Å². The van der Waals surface area contributed by atoms with Gasteiger partial charge < -0.3 is 10.4 Å². The van der Waals surface area contributed by atoms with Crippen molar-refractivity contribution in [1.29, 1.82) is 0 Å². The van der Waals surface area contributed by atoms with Crippen molar-refractivity contribution >= 4 is 15.9 Å². The number of halogens is 4. The first-order valence-corrected chi connectivity index (χ1v) is 11.1. The van der Waals surface area contributed by atoms with E-state index in [0.29, 0.717) is 11.0 Å². The third-order valence-corrected chi connectivity index (χ3v) is 5.87. The maximum atomic E-state index is 15.2. The highest BCUT2D eigenvalue weighted by molar-refractivity contribution is 9.10. The quantitative estimate of drug-likeness (QED) is 0.309. The van der Waals surface area contributed by atoms with E-state index in [9.17, 15) is 9.50 Å². The van der Waals surface area contributed by atoms with Gasteiger partial charge in [0.1, 0.15) is 17.0 Å². The van der Waals surface area contributed by atoms with Crippen molar-refractivity contribution in [3.05, 3.63) is 34.1 Å². The Morgan fingerprint density at radius 2 is 1.50 bits per heavy atom. The molecule has 1 atom stereocenters. The molecule has 0 aliphatic carbocycles. The molecule has 0 saturated heterocycles. The van der Waals surface area contributed by atoms with Gasteiger partial charge in [0.25, 0.3) is 5.92 Å². The molecule has 2 nitrogen and oxygen atoms in total. The van der Waals surface area contributed by atoms with Crippen LogP contribution in [0, 0.1) is 5.82 Å². The van der Waals surface area contributed by atoms with Crippen molar-refractivity contribution in [2.45, 2.75) is 96.1 Å². The highest BCUT2D eigenvalue weighted by Gasteiger charge is 2.60. The highest BCUT2D eigenvalue weighted by atomic mass is 79.9. The summed E-state index contributed by atoms with van der Waals surface area (Å²) in [6.07, 6.45) is 8.79. The van der Waals surface area contributed by atoms with Gasteiger partial charge in [-0.05, 0) is 51.9 Å². The molecule has 0 heterocycles. The van der Waals surface area contributed by atoms with Crippen molar-refractivity contribution in [1.82, 2.24) is 5.32 Å². The number of aliphatic hydroxyl groups is 1. The van der Waals surface area contributed by atoms with Crippen LogP contribution in [0.3, 0.4) is 0 Å². The SMILES string of the molecule is CCCCCCCCCCN[C@](C)(c1cc(Br)ccc1F)C(F)(F)C(C)(C)O. The Labute approximate surface area is 176 Å². The molecule has 0 radical (unpaired) electrons. The maximum Gasteiger partial charge on any atom is 0.297 e. The van der Waals surface area contributed by atoms with E-state index in [2.05, 4.69) is 28.2 Å². The van der Waals surface area contributed by atoms with Crippen LogP contribution in [-0.2, 0) is 5.54 Å². The largest absolute Gasteiger partial charge is 0.384 e. The summed E-state index contributed by atoms with van der Waals surface area (Å²) >= 11 is 3.23. The van der Waals surface area contributed by atoms with Gasteiger partial charge in [-0.1, -0.05) is 67.8 Å². The molecule has 1 aromatic carbocycles. The summed E-state index contributed by atoms with van der Waals surface area (Å²) in [5, 5.41) is 13.0. The first kappa shape index (κ1) is 25.4. The first-order valence-electron chi connectivity index (χ1n) is 10.3. The van der Waals surface area contributed by atoms with Gasteiger partial charge in [-0.2, -0.15) is 0 Å². The van der Waals surface area contributed by atoms with Crippen LogP contribution in [0.5, 0.6) is 0 Å². The lowest BCUT2D eigenvalue weighted by Crippen LogP contribution is -2.63. The highest BCUT2D eigenvalue weighted by Crippen LogP contribution is 2.45. The summed E-state index contributed by atoms with van der Waals surface area (Å²) in [6, 6.07) is 3.99. The Kier molecular flexibility index (Phi) is 9.98. The van der Waals surface area contributed by atoms with Crippen LogP contribution in [0.2, 0.25) is 0 Å². The molecule has 162 valence electrons. The Balaban J connectivity index is 2.83. The molecule has 2 N–H and O–H groups in total. The zero-order chi connectivity index (χ0) is 21.4. The van der Waals surface area contributed by atoms with Crippen LogP contribution in [0.25, 0.3) is 0 Å². The first-order chi connectivity index (χ1) is 13.0. The van der Waals surface area contributed by atoms with E-state index >= 15 is 8.78 Å². The van der Waals surface area contributed by atoms with E-state index < -0.39 is 22.9 Å². The number of unbranched alkanes of at least 4 members (excludes halogenated alkanes) is 7. The zero-order valence-corrected chi connectivity index (χ0v) is 19.1. The lowest BCUT2D eigenvalue weighted by atomic mass is 9.77. The average molecular weight is 466 g/mol. The predicted octanol–water partition coefficient (Wildman–Crippen LogP) is 6.94. The average Bonchev–Trinajstić information content (AvgIpc) is 2.61. The number of nitrogens with one attached hydrogen (secondary N) is 1. The van der Waals surface area contributed by atoms with Gasteiger partial charge in [0.05, 0.1) is 0 Å². The Bertz CT molecular complexity index is 604. The van der Waals surface area contributed by atoms with Crippen LogP contribution < -0.4 is 5.32 Å². The Hall–Kier alpha value is -0.590. The third-order valence-electron chi connectivity index (χ3n) is 5.37. The number of rotatable bonds is 13. The van der Waals surface area contributed by atoms with Gasteiger partial charge in [0, 0.05) is 10.0 Å². The van der Waals surface area contributed by atoms with E-state index in [-0.39, 0.29) is 5.56 Å². The lowest BCUT2D eigenvalue weighted by molar-refractivity contribution is -0.211. The number of hydrogen-bond acceptors (Lipinski definition) is 2. The summed E-state index contributed by atoms with van der Waals surface area (Å²) in [5.74, 6) is -4.32. The topological polar surface area (TPSA) is 32.3 Å². The van der Waals surface area contributed by atoms with Crippen LogP contribution in [0.15, 0.2) is 22.7 Å². The molecule has 0 unspecified atom stereocenters. The second-order valence-electron chi connectivity index (χ2n) is 8.28. The minimum atomic E-state index is -3.60. The standard InChI is InChI=1S/C22H35BrF3NO/c1-5-6-7-8-9-10-11-12-15-27-21(4,22(25,26)20(2,3)28)18-16-17(23)13-14-19(18)24/h13-14,16,27-28H,5-12,15H2,1-4H3/t21-/m1/s1. The van der Waals surface area contributed by atoms with Gasteiger partial charge in [-0.3, -0.25) is 0 Å². The summed E-state index contributed by atoms with van der Waals surface area (Å²) < 4.78 is 45.5. The second-order valence-corrected chi connectivity index (χ2v) is 9.20. The van der Waals surface area contributed by atoms with Crippen LogP contribution in [-0.4, -0.2) is 23.2 Å². The zero-order valence-electron chi connectivity index (χ0n) is 17.6. The molecular formula is C22H35BrF3NO. The summed E-state index contributed by atoms with van der Waals surface area (Å²) in [5.41, 5.74) is -4.52. The van der Waals surface area contributed by atoms with E-state index in [4.69, 9.17) is 0 Å². The van der Waals surface area contributed by atoms with Gasteiger partial charge in [-0.25, -0.2) is 13.2 Å². The third kappa shape index (κ3) is 6.46. The molecule has 0 bridgehead atoms. The van der Waals surface area contributed by atoms with Gasteiger partial charge in [0.15, 0.2) is 0 Å². The number of benzene rings is 1. The fourth-order valence-corrected chi connectivity index (χ4v) is 3.83. The van der Waals surface area contributed by atoms with Gasteiger partial charge >= 0.3 is 0 Å². The van der Waals surface area contributed by atoms with E-state index in [1.165, 1.54) is 44.7 Å². The maximum absolute atomic E-state index is 15.2. The fourth-order valence-electron chi connectivity index (χ4n) is 3.47. The molecule has 6 heteroatoms. The summed E-state index contributed by atoms with van der Waals surface area (Å²) in [4.78, 5) is 0. The monoisotopic (exact) mass is 465 g/mol. The molecule has 1 rings (SSSR count). The molecule has 0 spiro atoms. The summed E-state index contributed by atoms with van der Waals surface area (Å²) in [6.45, 7) is 5.88. The van der Waals surface area contributed by atoms with Crippen LogP contribution in [0.4, 0.5) is 13.2 Å². The molecule has 0 amide bonds. The van der Waals surface area contributed by atoms with E-state index in [1.54, 1.807) is 0 Å². The van der Waals surface area contributed by atoms with E-state index in [1.807, 2.05) is 0 Å². The minimum Gasteiger partial charge on any atom is -0.384 e. The van der Waals surface area contributed by atoms with Gasteiger partial charge in [0.2, 0.25) is 0 Å². The number of alkyl halides is 2. The smallest absolute Gasteiger partial charge is 0.297 e. The Morgan fingerprint density at radius 1 is 0.964 bits per heavy atom. The molecule has 0 fully saturated rings. The molecule has 0 aliphatic heterocycles. The summed E-state index contributed by atoms with van der Waals surface area (Å²) in [7, 11) is 0. The minimum absolute atomic E-state index is 0.159. The lowest BCUT2D eigenvalue weighted by Gasteiger charge is -2.44. The van der Waals surface area contributed by atoms with Crippen LogP contribution in [0.1, 0.15) is 84.6 Å². The van der Waals surface area contributed by atoms with Crippen molar-refractivity contribution < 1.29 is 18.3 Å². The van der Waals surface area contributed by atoms with E-state index in [0.717, 1.165) is 45.6 Å². The molecule has 0 aromatic heterocycles. The second kappa shape index (κ2) is 11.0. The molecule has 28 heavy (non-hydrogen) atoms. The van der Waals surface area contributed by atoms with Crippen molar-refractivity contribution in [2.75, 3.05) is 6.54 Å². The van der Waals surface area contributed by atoms with Crippen molar-refractivity contribution in [2.24, 2.45) is 0 Å². The Morgan fingerprint density at radius 3 is 2.04 bits per heavy atom. The molecule has 1 aromatic rings. The number of hydrogen-bond donors (Lipinski definition) is 2. The normalized spacial score (nSPS) is 14.9. The van der Waals surface area contributed by atoms with Crippen molar-refractivity contribution in [3.8, 4) is 0 Å². The molecule has 0 aliphatic rings. The fraction of sp³-hybridized carbons (Fsp3) is 0.727. The van der Waals surface area contributed by atoms with Crippen LogP contribution >= 0.6 is 15.9 Å². The predicted molar refractivity (Wildman–Crippen MR) is 113 cm³/mol. The molecular weight excluding hydrogens is 431 g/mol. The van der Waals surface area contributed by atoms with Crippen molar-refractivity contribution in [3.63, 3.8) is 0 Å². The molecule has 0 saturated carbocycles.